The zero-order valence-corrected chi connectivity index (χ0v) is 10.2. The third kappa shape index (κ3) is 3.29. The van der Waals surface area contributed by atoms with Gasteiger partial charge in [-0.15, -0.1) is 6.42 Å². The van der Waals surface area contributed by atoms with Gasteiger partial charge in [0.25, 0.3) is 0 Å². The van der Waals surface area contributed by atoms with Crippen molar-refractivity contribution in [1.29, 1.82) is 0 Å². The van der Waals surface area contributed by atoms with E-state index in [1.54, 1.807) is 0 Å². The Morgan fingerprint density at radius 3 is 2.11 bits per heavy atom. The number of nitrogen functional groups attached to an aromatic ring is 2. The van der Waals surface area contributed by atoms with E-state index in [2.05, 4.69) is 30.7 Å². The molecule has 0 spiro atoms. The van der Waals surface area contributed by atoms with Gasteiger partial charge in [-0.1, -0.05) is 5.92 Å². The SMILES string of the molecule is C#CCN1CCN(Cc2nc(N)nc(N)n2)CC1. The fourth-order valence-corrected chi connectivity index (χ4v) is 1.96. The number of piperazine rings is 1. The summed E-state index contributed by atoms with van der Waals surface area (Å²) in [4.78, 5) is 16.4. The van der Waals surface area contributed by atoms with E-state index in [0.29, 0.717) is 18.9 Å². The van der Waals surface area contributed by atoms with Crippen molar-refractivity contribution in [2.24, 2.45) is 0 Å². The average molecular weight is 247 g/mol. The van der Waals surface area contributed by atoms with Gasteiger partial charge in [0.15, 0.2) is 0 Å². The normalized spacial score (nSPS) is 17.5. The van der Waals surface area contributed by atoms with Crippen molar-refractivity contribution in [1.82, 2.24) is 24.8 Å². The predicted octanol–water partition coefficient (Wildman–Crippen LogP) is -1.21. The molecule has 0 bridgehead atoms. The summed E-state index contributed by atoms with van der Waals surface area (Å²) in [5, 5.41) is 0. The van der Waals surface area contributed by atoms with Crippen LogP contribution in [0.1, 0.15) is 5.82 Å². The Bertz CT molecular complexity index is 425. The van der Waals surface area contributed by atoms with Crippen LogP contribution in [0.2, 0.25) is 0 Å². The fourth-order valence-electron chi connectivity index (χ4n) is 1.96. The van der Waals surface area contributed by atoms with E-state index in [0.717, 1.165) is 26.2 Å². The number of terminal acetylenes is 1. The van der Waals surface area contributed by atoms with Gasteiger partial charge in [-0.05, 0) is 0 Å². The first kappa shape index (κ1) is 12.5. The zero-order chi connectivity index (χ0) is 13.0. The van der Waals surface area contributed by atoms with Crippen LogP contribution in [-0.4, -0.2) is 57.5 Å². The van der Waals surface area contributed by atoms with Crippen LogP contribution in [0.25, 0.3) is 0 Å². The van der Waals surface area contributed by atoms with Gasteiger partial charge >= 0.3 is 0 Å². The molecular weight excluding hydrogens is 230 g/mol. The monoisotopic (exact) mass is 247 g/mol. The first-order valence-corrected chi connectivity index (χ1v) is 5.81. The van der Waals surface area contributed by atoms with Gasteiger partial charge < -0.3 is 11.5 Å². The highest BCUT2D eigenvalue weighted by Crippen LogP contribution is 2.06. The van der Waals surface area contributed by atoms with Gasteiger partial charge in [0.05, 0.1) is 13.1 Å². The molecule has 0 radical (unpaired) electrons. The predicted molar refractivity (Wildman–Crippen MR) is 69.2 cm³/mol. The maximum Gasteiger partial charge on any atom is 0.225 e. The molecule has 7 nitrogen and oxygen atoms in total. The number of anilines is 2. The van der Waals surface area contributed by atoms with Crippen molar-refractivity contribution in [3.63, 3.8) is 0 Å². The molecule has 0 unspecified atom stereocenters. The molecule has 1 aliphatic rings. The maximum absolute atomic E-state index is 5.54. The number of hydrogen-bond acceptors (Lipinski definition) is 7. The van der Waals surface area contributed by atoms with Crippen LogP contribution < -0.4 is 11.5 Å². The summed E-state index contributed by atoms with van der Waals surface area (Å²) in [6, 6.07) is 0. The first-order valence-electron chi connectivity index (χ1n) is 5.81. The minimum absolute atomic E-state index is 0.170. The van der Waals surface area contributed by atoms with E-state index < -0.39 is 0 Å². The second-order valence-electron chi connectivity index (χ2n) is 4.22. The molecule has 1 aromatic heterocycles. The Labute approximate surface area is 106 Å². The molecule has 0 saturated carbocycles. The highest BCUT2D eigenvalue weighted by Gasteiger charge is 2.17. The van der Waals surface area contributed by atoms with Crippen LogP contribution in [0.5, 0.6) is 0 Å². The summed E-state index contributed by atoms with van der Waals surface area (Å²) in [7, 11) is 0. The second kappa shape index (κ2) is 5.62. The van der Waals surface area contributed by atoms with Crippen molar-refractivity contribution in [3.8, 4) is 12.3 Å². The third-order valence-corrected chi connectivity index (χ3v) is 2.86. The summed E-state index contributed by atoms with van der Waals surface area (Å²) >= 11 is 0. The van der Waals surface area contributed by atoms with Crippen molar-refractivity contribution in [2.45, 2.75) is 6.54 Å². The van der Waals surface area contributed by atoms with Crippen LogP contribution in [0.15, 0.2) is 0 Å². The Morgan fingerprint density at radius 1 is 1.00 bits per heavy atom. The summed E-state index contributed by atoms with van der Waals surface area (Å²) in [6.45, 7) is 5.14. The second-order valence-corrected chi connectivity index (χ2v) is 4.22. The maximum atomic E-state index is 5.54. The Kier molecular flexibility index (Phi) is 3.92. The lowest BCUT2D eigenvalue weighted by molar-refractivity contribution is 0.136. The van der Waals surface area contributed by atoms with E-state index in [1.807, 2.05) is 0 Å². The fraction of sp³-hybridized carbons (Fsp3) is 0.545. The van der Waals surface area contributed by atoms with Crippen LogP contribution in [-0.2, 0) is 6.54 Å². The van der Waals surface area contributed by atoms with E-state index in [1.165, 1.54) is 0 Å². The first-order chi connectivity index (χ1) is 8.67. The smallest absolute Gasteiger partial charge is 0.225 e. The lowest BCUT2D eigenvalue weighted by atomic mass is 10.3. The summed E-state index contributed by atoms with van der Waals surface area (Å²) in [6.07, 6.45) is 5.29. The van der Waals surface area contributed by atoms with Crippen molar-refractivity contribution in [2.75, 3.05) is 44.2 Å². The van der Waals surface area contributed by atoms with Gasteiger partial charge in [0.1, 0.15) is 5.82 Å². The highest BCUT2D eigenvalue weighted by molar-refractivity contribution is 5.25. The Morgan fingerprint density at radius 2 is 1.56 bits per heavy atom. The molecule has 0 aliphatic carbocycles. The molecule has 18 heavy (non-hydrogen) atoms. The molecule has 2 rings (SSSR count). The lowest BCUT2D eigenvalue weighted by Gasteiger charge is -2.33. The van der Waals surface area contributed by atoms with E-state index in [4.69, 9.17) is 17.9 Å². The van der Waals surface area contributed by atoms with Crippen molar-refractivity contribution < 1.29 is 0 Å². The number of aromatic nitrogens is 3. The third-order valence-electron chi connectivity index (χ3n) is 2.86. The lowest BCUT2D eigenvalue weighted by Crippen LogP contribution is -2.46. The van der Waals surface area contributed by atoms with E-state index in [-0.39, 0.29) is 11.9 Å². The Balaban J connectivity index is 1.90. The van der Waals surface area contributed by atoms with Gasteiger partial charge in [0, 0.05) is 26.2 Å². The zero-order valence-electron chi connectivity index (χ0n) is 10.2. The summed E-state index contributed by atoms with van der Waals surface area (Å²) in [5.41, 5.74) is 11.1. The molecule has 0 atom stereocenters. The minimum Gasteiger partial charge on any atom is -0.368 e. The Hall–Kier alpha value is -1.91. The molecular formula is C11H17N7. The van der Waals surface area contributed by atoms with Gasteiger partial charge in [-0.3, -0.25) is 9.80 Å². The van der Waals surface area contributed by atoms with Crippen LogP contribution in [0.3, 0.4) is 0 Å². The molecule has 0 aromatic carbocycles. The number of hydrogen-bond donors (Lipinski definition) is 2. The largest absolute Gasteiger partial charge is 0.368 e. The summed E-state index contributed by atoms with van der Waals surface area (Å²) in [5.74, 6) is 3.61. The molecule has 1 aliphatic heterocycles. The molecule has 1 aromatic rings. The number of nitrogens with two attached hydrogens (primary N) is 2. The summed E-state index contributed by atoms with van der Waals surface area (Å²) < 4.78 is 0. The number of nitrogens with zero attached hydrogens (tertiary/aromatic N) is 5. The van der Waals surface area contributed by atoms with E-state index in [9.17, 15) is 0 Å². The number of rotatable bonds is 3. The highest BCUT2D eigenvalue weighted by atomic mass is 15.3. The van der Waals surface area contributed by atoms with Crippen molar-refractivity contribution >= 4 is 11.9 Å². The van der Waals surface area contributed by atoms with Crippen LogP contribution in [0, 0.1) is 12.3 Å². The van der Waals surface area contributed by atoms with Gasteiger partial charge in [-0.25, -0.2) is 0 Å². The quantitative estimate of drug-likeness (QED) is 0.646. The van der Waals surface area contributed by atoms with E-state index >= 15 is 0 Å². The molecule has 2 heterocycles. The molecule has 1 fully saturated rings. The van der Waals surface area contributed by atoms with Gasteiger partial charge in [0.2, 0.25) is 11.9 Å². The molecule has 7 heteroatoms. The van der Waals surface area contributed by atoms with Gasteiger partial charge in [-0.2, -0.15) is 15.0 Å². The molecule has 1 saturated heterocycles. The molecule has 0 amide bonds. The van der Waals surface area contributed by atoms with Crippen LogP contribution in [0.4, 0.5) is 11.9 Å². The standard InChI is InChI=1S/C11H17N7/c1-2-3-17-4-6-18(7-5-17)8-9-14-10(12)16-11(13)15-9/h1H,3-8H2,(H4,12,13,14,15,16). The minimum atomic E-state index is 0.170. The molecule has 4 N–H and O–H groups in total. The average Bonchev–Trinajstić information content (AvgIpc) is 2.31. The topological polar surface area (TPSA) is 97.2 Å². The van der Waals surface area contributed by atoms with Crippen LogP contribution >= 0.6 is 0 Å². The van der Waals surface area contributed by atoms with Crippen molar-refractivity contribution in [3.05, 3.63) is 5.82 Å². The molecule has 96 valence electrons.